The molecule has 1 nitrogen and oxygen atoms in total. The lowest BCUT2D eigenvalue weighted by Gasteiger charge is -2.28. The van der Waals surface area contributed by atoms with Crippen LogP contribution in [0, 0.1) is 12.8 Å². The van der Waals surface area contributed by atoms with Gasteiger partial charge in [-0.3, -0.25) is 0 Å². The zero-order valence-electron chi connectivity index (χ0n) is 19.7. The van der Waals surface area contributed by atoms with Gasteiger partial charge in [0.2, 0.25) is 0 Å². The molecule has 1 fully saturated rings. The van der Waals surface area contributed by atoms with E-state index in [1.54, 1.807) is 0 Å². The highest BCUT2D eigenvalue weighted by molar-refractivity contribution is 9.10. The summed E-state index contributed by atoms with van der Waals surface area (Å²) in [4.78, 5) is 0. The average Bonchev–Trinajstić information content (AvgIpc) is 2.66. The molecule has 1 aliphatic rings. The first-order chi connectivity index (χ1) is 13.2. The Morgan fingerprint density at radius 3 is 2.00 bits per heavy atom. The average molecular weight is 474 g/mol. The molecule has 0 N–H and O–H groups in total. The molecule has 1 saturated carbocycles. The molecule has 2 rings (SSSR count). The molecular formula is C25H45BrOS. The van der Waals surface area contributed by atoms with Gasteiger partial charge in [-0.25, -0.2) is 0 Å². The van der Waals surface area contributed by atoms with E-state index in [1.165, 1.54) is 60.5 Å². The van der Waals surface area contributed by atoms with E-state index in [0.717, 1.165) is 12.5 Å². The van der Waals surface area contributed by atoms with Crippen molar-refractivity contribution in [3.8, 4) is 0 Å². The van der Waals surface area contributed by atoms with Crippen molar-refractivity contribution in [2.45, 2.75) is 104 Å². The summed E-state index contributed by atoms with van der Waals surface area (Å²) >= 11 is 5.45. The summed E-state index contributed by atoms with van der Waals surface area (Å²) in [6, 6.07) is 6.63. The molecule has 0 heterocycles. The molecule has 1 aliphatic carbocycles. The molecule has 0 bridgehead atoms. The van der Waals surface area contributed by atoms with Crippen LogP contribution < -0.4 is 0 Å². The molecular weight excluding hydrogens is 428 g/mol. The second-order valence-corrected chi connectivity index (χ2v) is 11.2. The lowest BCUT2D eigenvalue weighted by Crippen LogP contribution is -2.22. The van der Waals surface area contributed by atoms with Crippen molar-refractivity contribution >= 4 is 27.7 Å². The first-order valence-corrected chi connectivity index (χ1v) is 13.1. The van der Waals surface area contributed by atoms with Gasteiger partial charge in [0.05, 0.1) is 6.10 Å². The number of benzene rings is 1. The molecule has 0 spiro atoms. The van der Waals surface area contributed by atoms with Crippen molar-refractivity contribution in [1.82, 2.24) is 0 Å². The molecule has 0 amide bonds. The zero-order valence-corrected chi connectivity index (χ0v) is 22.1. The van der Waals surface area contributed by atoms with Crippen molar-refractivity contribution in [2.24, 2.45) is 5.92 Å². The number of halogens is 1. The highest BCUT2D eigenvalue weighted by Crippen LogP contribution is 2.30. The Balaban J connectivity index is 0.000000608. The van der Waals surface area contributed by atoms with Gasteiger partial charge < -0.3 is 4.74 Å². The van der Waals surface area contributed by atoms with E-state index in [4.69, 9.17) is 4.74 Å². The highest BCUT2D eigenvalue weighted by Gasteiger charge is 2.21. The Morgan fingerprint density at radius 2 is 1.57 bits per heavy atom. The van der Waals surface area contributed by atoms with E-state index in [0.29, 0.717) is 10.9 Å². The molecule has 1 aromatic rings. The van der Waals surface area contributed by atoms with E-state index >= 15 is 0 Å². The van der Waals surface area contributed by atoms with Crippen LogP contribution in [0.25, 0.3) is 0 Å². The van der Waals surface area contributed by atoms with Crippen LogP contribution in [0.3, 0.4) is 0 Å². The third kappa shape index (κ3) is 14.1. The van der Waals surface area contributed by atoms with Crippen LogP contribution in [0.1, 0.15) is 91.2 Å². The van der Waals surface area contributed by atoms with Gasteiger partial charge in [0.15, 0.2) is 0 Å². The number of aryl methyl sites for hydroxylation is 1. The lowest BCUT2D eigenvalue weighted by molar-refractivity contribution is 0.0257. The second-order valence-electron chi connectivity index (χ2n) is 8.69. The molecule has 0 unspecified atom stereocenters. The minimum Gasteiger partial charge on any atom is -0.379 e. The molecule has 0 saturated heterocycles. The van der Waals surface area contributed by atoms with E-state index in [9.17, 15) is 0 Å². The first-order valence-electron chi connectivity index (χ1n) is 11.1. The third-order valence-electron chi connectivity index (χ3n) is 5.13. The normalized spacial score (nSPS) is 19.2. The minimum atomic E-state index is 0.458. The first kappa shape index (κ1) is 28.0. The second kappa shape index (κ2) is 15.8. The van der Waals surface area contributed by atoms with Crippen molar-refractivity contribution in [1.29, 1.82) is 0 Å². The van der Waals surface area contributed by atoms with E-state index < -0.39 is 0 Å². The summed E-state index contributed by atoms with van der Waals surface area (Å²) in [5.41, 5.74) is 2.93. The minimum absolute atomic E-state index is 0.458. The number of rotatable bonds is 5. The largest absolute Gasteiger partial charge is 0.379 e. The van der Waals surface area contributed by atoms with E-state index in [2.05, 4.69) is 88.9 Å². The molecule has 0 aliphatic heterocycles. The lowest BCUT2D eigenvalue weighted by atomic mass is 9.82. The molecule has 3 heteroatoms. The number of unbranched alkanes of at least 4 members (excludes halogenated alkanes) is 1. The zero-order chi connectivity index (χ0) is 21.6. The van der Waals surface area contributed by atoms with Crippen LogP contribution in [0.15, 0.2) is 22.7 Å². The maximum Gasteiger partial charge on any atom is 0.0575 e. The van der Waals surface area contributed by atoms with Crippen LogP contribution in [0.2, 0.25) is 0 Å². The molecule has 28 heavy (non-hydrogen) atoms. The van der Waals surface area contributed by atoms with Crippen molar-refractivity contribution in [2.75, 3.05) is 12.9 Å². The summed E-state index contributed by atoms with van der Waals surface area (Å²) in [7, 11) is 0. The van der Waals surface area contributed by atoms with Crippen LogP contribution in [-0.2, 0) is 11.2 Å². The van der Waals surface area contributed by atoms with Crippen LogP contribution in [0.4, 0.5) is 0 Å². The molecule has 0 atom stereocenters. The number of ether oxygens (including phenoxy) is 1. The van der Waals surface area contributed by atoms with Crippen LogP contribution in [0.5, 0.6) is 0 Å². The smallest absolute Gasteiger partial charge is 0.0575 e. The maximum atomic E-state index is 5.72. The fourth-order valence-electron chi connectivity index (χ4n) is 2.91. The fourth-order valence-corrected chi connectivity index (χ4v) is 3.32. The highest BCUT2D eigenvalue weighted by atomic mass is 79.9. The summed E-state index contributed by atoms with van der Waals surface area (Å²) in [6.07, 6.45) is 11.6. The Kier molecular flexibility index (Phi) is 15.8. The SMILES string of the molecule is CCCC.CCOC1CCC(Cc2cc(Br)ccc2C)CC1.CSC(C)(C)C. The van der Waals surface area contributed by atoms with Crippen molar-refractivity contribution < 1.29 is 4.74 Å². The molecule has 164 valence electrons. The van der Waals surface area contributed by atoms with E-state index in [1.807, 2.05) is 11.8 Å². The Morgan fingerprint density at radius 1 is 1.04 bits per heavy atom. The van der Waals surface area contributed by atoms with Gasteiger partial charge in [-0.1, -0.05) is 69.5 Å². The van der Waals surface area contributed by atoms with Crippen molar-refractivity contribution in [3.63, 3.8) is 0 Å². The number of thioether (sulfide) groups is 1. The fraction of sp³-hybridized carbons (Fsp3) is 0.760. The summed E-state index contributed by atoms with van der Waals surface area (Å²) in [6.45, 7) is 16.2. The van der Waals surface area contributed by atoms with Gasteiger partial charge in [-0.2, -0.15) is 11.8 Å². The maximum absolute atomic E-state index is 5.72. The Labute approximate surface area is 188 Å². The van der Waals surface area contributed by atoms with E-state index in [-0.39, 0.29) is 0 Å². The summed E-state index contributed by atoms with van der Waals surface area (Å²) in [5.74, 6) is 0.842. The predicted octanol–water partition coefficient (Wildman–Crippen LogP) is 8.85. The van der Waals surface area contributed by atoms with Crippen molar-refractivity contribution in [3.05, 3.63) is 33.8 Å². The van der Waals surface area contributed by atoms with Crippen LogP contribution in [-0.4, -0.2) is 23.7 Å². The Hall–Kier alpha value is 0.01000. The Bertz CT molecular complexity index is 500. The predicted molar refractivity (Wildman–Crippen MR) is 134 cm³/mol. The van der Waals surface area contributed by atoms with Gasteiger partial charge in [-0.05, 0) is 81.4 Å². The molecule has 0 aromatic heterocycles. The number of hydrogen-bond donors (Lipinski definition) is 0. The molecule has 0 radical (unpaired) electrons. The topological polar surface area (TPSA) is 9.23 Å². The van der Waals surface area contributed by atoms with Gasteiger partial charge in [0.1, 0.15) is 0 Å². The van der Waals surface area contributed by atoms with Gasteiger partial charge >= 0.3 is 0 Å². The van der Waals surface area contributed by atoms with Crippen LogP contribution >= 0.6 is 27.7 Å². The summed E-state index contributed by atoms with van der Waals surface area (Å²) < 4.78 is 7.38. The molecule has 1 aromatic carbocycles. The monoisotopic (exact) mass is 472 g/mol. The summed E-state index contributed by atoms with van der Waals surface area (Å²) in [5, 5.41) is 0. The number of hydrogen-bond acceptors (Lipinski definition) is 2. The quantitative estimate of drug-likeness (QED) is 0.422. The third-order valence-corrected chi connectivity index (χ3v) is 6.85. The van der Waals surface area contributed by atoms with Gasteiger partial charge in [0, 0.05) is 15.8 Å². The standard InChI is InChI=1S/C16H23BrO.C5H12S.C4H10/c1-3-18-16-8-5-13(6-9-16)10-14-11-15(17)7-4-12(14)2;1-5(2,3)6-4;1-3-4-2/h4,7,11,13,16H,3,5-6,8-10H2,1-2H3;1-4H3;3-4H2,1-2H3. The van der Waals surface area contributed by atoms with Gasteiger partial charge in [0.25, 0.3) is 0 Å². The van der Waals surface area contributed by atoms with Gasteiger partial charge in [-0.15, -0.1) is 0 Å².